The van der Waals surface area contributed by atoms with Gasteiger partial charge in [-0.2, -0.15) is 0 Å². The fourth-order valence-corrected chi connectivity index (χ4v) is 2.44. The van der Waals surface area contributed by atoms with Crippen molar-refractivity contribution < 1.29 is 14.3 Å². The molecule has 0 aliphatic rings. The molecule has 2 aromatic rings. The second-order valence-corrected chi connectivity index (χ2v) is 6.65. The van der Waals surface area contributed by atoms with Crippen molar-refractivity contribution in [2.75, 3.05) is 20.3 Å². The third kappa shape index (κ3) is 6.68. The summed E-state index contributed by atoms with van der Waals surface area (Å²) in [5, 5.41) is 3.52. The van der Waals surface area contributed by atoms with Crippen molar-refractivity contribution in [1.29, 1.82) is 0 Å². The van der Waals surface area contributed by atoms with E-state index in [1.807, 2.05) is 24.7 Å². The highest BCUT2D eigenvalue weighted by molar-refractivity contribution is 5.89. The maximum absolute atomic E-state index is 11.4. The standard InChI is InChI=1S/C19H27N3O3/c1-19(2,21-9-4-11-22-12-10-20-15-22)14-25-13-16-5-7-17(8-6-16)18(23)24-3/h5-8,10,12,15,21H,4,9,11,13-14H2,1-3H3. The number of ether oxygens (including phenoxy) is 2. The fraction of sp³-hybridized carbons (Fsp3) is 0.474. The lowest BCUT2D eigenvalue weighted by atomic mass is 10.1. The first-order valence-corrected chi connectivity index (χ1v) is 8.46. The number of aryl methyl sites for hydroxylation is 1. The number of methoxy groups -OCH3 is 1. The van der Waals surface area contributed by atoms with Crippen LogP contribution in [0.3, 0.4) is 0 Å². The predicted molar refractivity (Wildman–Crippen MR) is 96.4 cm³/mol. The number of imidazole rings is 1. The molecule has 2 rings (SSSR count). The Bertz CT molecular complexity index is 636. The van der Waals surface area contributed by atoms with E-state index in [2.05, 4.69) is 33.5 Å². The number of aromatic nitrogens is 2. The average molecular weight is 345 g/mol. The van der Waals surface area contributed by atoms with Gasteiger partial charge in [-0.25, -0.2) is 9.78 Å². The van der Waals surface area contributed by atoms with Gasteiger partial charge >= 0.3 is 5.97 Å². The summed E-state index contributed by atoms with van der Waals surface area (Å²) >= 11 is 0. The average Bonchev–Trinajstić information content (AvgIpc) is 3.12. The maximum atomic E-state index is 11.4. The van der Waals surface area contributed by atoms with E-state index >= 15 is 0 Å². The van der Waals surface area contributed by atoms with Gasteiger partial charge in [0.1, 0.15) is 0 Å². The minimum Gasteiger partial charge on any atom is -0.465 e. The first-order valence-electron chi connectivity index (χ1n) is 8.46. The van der Waals surface area contributed by atoms with Gasteiger partial charge in [-0.3, -0.25) is 0 Å². The Labute approximate surface area is 149 Å². The molecular formula is C19H27N3O3. The van der Waals surface area contributed by atoms with Crippen LogP contribution >= 0.6 is 0 Å². The normalized spacial score (nSPS) is 11.5. The lowest BCUT2D eigenvalue weighted by molar-refractivity contribution is 0.0600. The zero-order valence-electron chi connectivity index (χ0n) is 15.2. The van der Waals surface area contributed by atoms with Gasteiger partial charge in [0, 0.05) is 24.5 Å². The summed E-state index contributed by atoms with van der Waals surface area (Å²) in [7, 11) is 1.38. The van der Waals surface area contributed by atoms with E-state index in [4.69, 9.17) is 4.74 Å². The molecule has 136 valence electrons. The molecule has 0 saturated carbocycles. The Morgan fingerprint density at radius 3 is 2.68 bits per heavy atom. The number of rotatable bonds is 10. The van der Waals surface area contributed by atoms with Crippen molar-refractivity contribution in [2.24, 2.45) is 0 Å². The van der Waals surface area contributed by atoms with E-state index in [0.29, 0.717) is 18.8 Å². The molecule has 0 fully saturated rings. The van der Waals surface area contributed by atoms with Crippen LogP contribution in [-0.4, -0.2) is 41.3 Å². The molecule has 1 heterocycles. The van der Waals surface area contributed by atoms with Crippen molar-refractivity contribution in [1.82, 2.24) is 14.9 Å². The Morgan fingerprint density at radius 1 is 1.28 bits per heavy atom. The van der Waals surface area contributed by atoms with Crippen LogP contribution in [0.2, 0.25) is 0 Å². The third-order valence-electron chi connectivity index (χ3n) is 3.86. The van der Waals surface area contributed by atoms with Gasteiger partial charge < -0.3 is 19.4 Å². The quantitative estimate of drug-likeness (QED) is 0.530. The molecule has 0 saturated heterocycles. The highest BCUT2D eigenvalue weighted by Gasteiger charge is 2.16. The zero-order chi connectivity index (χ0) is 18.1. The molecule has 25 heavy (non-hydrogen) atoms. The summed E-state index contributed by atoms with van der Waals surface area (Å²) in [4.78, 5) is 15.4. The van der Waals surface area contributed by atoms with Crippen LogP contribution in [0.15, 0.2) is 43.0 Å². The van der Waals surface area contributed by atoms with Gasteiger partial charge in [-0.05, 0) is 44.5 Å². The van der Waals surface area contributed by atoms with Crippen LogP contribution in [0.4, 0.5) is 0 Å². The molecule has 0 atom stereocenters. The molecule has 1 N–H and O–H groups in total. The first-order chi connectivity index (χ1) is 12.0. The van der Waals surface area contributed by atoms with Gasteiger partial charge in [0.15, 0.2) is 0 Å². The first kappa shape index (κ1) is 19.1. The number of carbonyl (C=O) groups is 1. The Kier molecular flexibility index (Phi) is 7.16. The van der Waals surface area contributed by atoms with E-state index in [1.54, 1.807) is 18.3 Å². The summed E-state index contributed by atoms with van der Waals surface area (Å²) in [6, 6.07) is 7.28. The largest absolute Gasteiger partial charge is 0.465 e. The number of carbonyl (C=O) groups excluding carboxylic acids is 1. The predicted octanol–water partition coefficient (Wildman–Crippen LogP) is 2.64. The molecule has 0 bridgehead atoms. The molecular weight excluding hydrogens is 318 g/mol. The van der Waals surface area contributed by atoms with Gasteiger partial charge in [0.25, 0.3) is 0 Å². The van der Waals surface area contributed by atoms with Crippen LogP contribution in [-0.2, 0) is 22.6 Å². The number of esters is 1. The summed E-state index contributed by atoms with van der Waals surface area (Å²) in [5.74, 6) is -0.325. The van der Waals surface area contributed by atoms with Crippen LogP contribution in [0, 0.1) is 0 Å². The van der Waals surface area contributed by atoms with E-state index in [0.717, 1.165) is 25.1 Å². The minimum absolute atomic E-state index is 0.0963. The molecule has 0 aliphatic carbocycles. The van der Waals surface area contributed by atoms with Gasteiger partial charge in [-0.15, -0.1) is 0 Å². The number of nitrogens with zero attached hydrogens (tertiary/aromatic N) is 2. The monoisotopic (exact) mass is 345 g/mol. The van der Waals surface area contributed by atoms with E-state index < -0.39 is 0 Å². The fourth-order valence-electron chi connectivity index (χ4n) is 2.44. The van der Waals surface area contributed by atoms with E-state index in [-0.39, 0.29) is 11.5 Å². The molecule has 0 unspecified atom stereocenters. The van der Waals surface area contributed by atoms with Crippen LogP contribution in [0.25, 0.3) is 0 Å². The molecule has 6 nitrogen and oxygen atoms in total. The molecule has 0 aliphatic heterocycles. The molecule has 0 amide bonds. The molecule has 0 spiro atoms. The van der Waals surface area contributed by atoms with Crippen LogP contribution in [0.1, 0.15) is 36.2 Å². The van der Waals surface area contributed by atoms with Crippen molar-refractivity contribution in [2.45, 2.75) is 39.0 Å². The lowest BCUT2D eigenvalue weighted by Gasteiger charge is -2.26. The van der Waals surface area contributed by atoms with Gasteiger partial charge in [0.2, 0.25) is 0 Å². The minimum atomic E-state index is -0.325. The number of nitrogens with one attached hydrogen (secondary N) is 1. The van der Waals surface area contributed by atoms with E-state index in [1.165, 1.54) is 7.11 Å². The number of benzene rings is 1. The second-order valence-electron chi connectivity index (χ2n) is 6.65. The van der Waals surface area contributed by atoms with Crippen molar-refractivity contribution in [3.8, 4) is 0 Å². The summed E-state index contributed by atoms with van der Waals surface area (Å²) in [6.45, 7) is 7.26. The van der Waals surface area contributed by atoms with Crippen molar-refractivity contribution in [3.05, 3.63) is 54.1 Å². The molecule has 1 aromatic heterocycles. The zero-order valence-corrected chi connectivity index (χ0v) is 15.2. The molecule has 0 radical (unpaired) electrons. The lowest BCUT2D eigenvalue weighted by Crippen LogP contribution is -2.44. The summed E-state index contributed by atoms with van der Waals surface area (Å²) in [5.41, 5.74) is 1.48. The van der Waals surface area contributed by atoms with Gasteiger partial charge in [-0.1, -0.05) is 12.1 Å². The highest BCUT2D eigenvalue weighted by atomic mass is 16.5. The molecule has 6 heteroatoms. The van der Waals surface area contributed by atoms with Gasteiger partial charge in [0.05, 0.1) is 32.2 Å². The summed E-state index contributed by atoms with van der Waals surface area (Å²) < 4.78 is 12.6. The van der Waals surface area contributed by atoms with Crippen LogP contribution < -0.4 is 5.32 Å². The Morgan fingerprint density at radius 2 is 2.04 bits per heavy atom. The molecule has 1 aromatic carbocycles. The third-order valence-corrected chi connectivity index (χ3v) is 3.86. The van der Waals surface area contributed by atoms with Crippen molar-refractivity contribution in [3.63, 3.8) is 0 Å². The number of hydrogen-bond donors (Lipinski definition) is 1. The smallest absolute Gasteiger partial charge is 0.337 e. The van der Waals surface area contributed by atoms with E-state index in [9.17, 15) is 4.79 Å². The maximum Gasteiger partial charge on any atom is 0.337 e. The summed E-state index contributed by atoms with van der Waals surface area (Å²) in [6.07, 6.45) is 6.64. The topological polar surface area (TPSA) is 65.4 Å². The van der Waals surface area contributed by atoms with Crippen molar-refractivity contribution >= 4 is 5.97 Å². The Balaban J connectivity index is 1.66. The van der Waals surface area contributed by atoms with Crippen LogP contribution in [0.5, 0.6) is 0 Å². The highest BCUT2D eigenvalue weighted by Crippen LogP contribution is 2.09. The number of hydrogen-bond acceptors (Lipinski definition) is 5. The Hall–Kier alpha value is -2.18. The second kappa shape index (κ2) is 9.34. The SMILES string of the molecule is COC(=O)c1ccc(COCC(C)(C)NCCCn2ccnc2)cc1.